The van der Waals surface area contributed by atoms with Crippen molar-refractivity contribution in [3.05, 3.63) is 72.1 Å². The molecule has 1 aliphatic rings. The van der Waals surface area contributed by atoms with E-state index in [1.807, 2.05) is 65.6 Å². The summed E-state index contributed by atoms with van der Waals surface area (Å²) in [5.41, 5.74) is 1.74. The number of nitrogens with zero attached hydrogens (tertiary/aromatic N) is 3. The Morgan fingerprint density at radius 1 is 1.04 bits per heavy atom. The van der Waals surface area contributed by atoms with Gasteiger partial charge in [0.1, 0.15) is 5.82 Å². The van der Waals surface area contributed by atoms with E-state index >= 15 is 0 Å². The van der Waals surface area contributed by atoms with Crippen LogP contribution in [0.15, 0.2) is 60.7 Å². The van der Waals surface area contributed by atoms with Gasteiger partial charge in [-0.05, 0) is 25.0 Å². The molecule has 1 atom stereocenters. The highest BCUT2D eigenvalue weighted by Crippen LogP contribution is 2.27. The first-order valence-corrected chi connectivity index (χ1v) is 8.63. The van der Waals surface area contributed by atoms with Crippen molar-refractivity contribution < 1.29 is 4.79 Å². The maximum atomic E-state index is 12.7. The first kappa shape index (κ1) is 15.6. The predicted molar refractivity (Wildman–Crippen MR) is 96.1 cm³/mol. The number of likely N-dealkylation sites (tertiary alicyclic amines) is 1. The number of hydrogen-bond acceptors (Lipinski definition) is 3. The molecule has 2 heterocycles. The fourth-order valence-corrected chi connectivity index (χ4v) is 3.32. The molecule has 25 heavy (non-hydrogen) atoms. The van der Waals surface area contributed by atoms with Gasteiger partial charge in [0.15, 0.2) is 5.82 Å². The van der Waals surface area contributed by atoms with Gasteiger partial charge in [0.05, 0.1) is 0 Å². The average molecular weight is 332 g/mol. The topological polar surface area (TPSA) is 61.9 Å². The lowest BCUT2D eigenvalue weighted by Crippen LogP contribution is -2.39. The summed E-state index contributed by atoms with van der Waals surface area (Å²) in [5.74, 6) is 1.87. The van der Waals surface area contributed by atoms with E-state index in [-0.39, 0.29) is 11.8 Å². The minimum atomic E-state index is 0.0908. The van der Waals surface area contributed by atoms with Crippen molar-refractivity contribution in [2.24, 2.45) is 0 Å². The highest BCUT2D eigenvalue weighted by atomic mass is 16.2. The summed E-state index contributed by atoms with van der Waals surface area (Å²) in [4.78, 5) is 19.3. The van der Waals surface area contributed by atoms with Crippen molar-refractivity contribution in [2.45, 2.75) is 18.8 Å². The molecule has 126 valence electrons. The number of carbonyl (C=O) groups is 1. The summed E-state index contributed by atoms with van der Waals surface area (Å²) in [7, 11) is 0. The van der Waals surface area contributed by atoms with Crippen molar-refractivity contribution in [1.29, 1.82) is 0 Å². The second kappa shape index (κ2) is 6.89. The number of aromatic nitrogens is 3. The molecular formula is C20H20N4O. The number of benzene rings is 2. The van der Waals surface area contributed by atoms with Crippen LogP contribution in [0.25, 0.3) is 11.4 Å². The molecule has 4 rings (SSSR count). The molecule has 1 aliphatic heterocycles. The number of nitrogens with one attached hydrogen (secondary N) is 1. The Bertz CT molecular complexity index is 844. The van der Waals surface area contributed by atoms with Gasteiger partial charge in [0.25, 0.3) is 5.91 Å². The van der Waals surface area contributed by atoms with E-state index in [1.165, 1.54) is 0 Å². The Morgan fingerprint density at radius 2 is 1.76 bits per heavy atom. The fourth-order valence-electron chi connectivity index (χ4n) is 3.32. The highest BCUT2D eigenvalue weighted by Gasteiger charge is 2.27. The van der Waals surface area contributed by atoms with E-state index < -0.39 is 0 Å². The van der Waals surface area contributed by atoms with Crippen LogP contribution in [0, 0.1) is 0 Å². The molecule has 1 saturated heterocycles. The minimum absolute atomic E-state index is 0.0908. The lowest BCUT2D eigenvalue weighted by atomic mass is 9.96. The quantitative estimate of drug-likeness (QED) is 0.798. The Labute approximate surface area is 146 Å². The molecule has 1 aromatic heterocycles. The normalized spacial score (nSPS) is 17.4. The summed E-state index contributed by atoms with van der Waals surface area (Å²) < 4.78 is 0. The molecule has 3 aromatic rings. The van der Waals surface area contributed by atoms with E-state index in [0.29, 0.717) is 12.4 Å². The maximum Gasteiger partial charge on any atom is 0.253 e. The van der Waals surface area contributed by atoms with Crippen LogP contribution in [0.3, 0.4) is 0 Å². The lowest BCUT2D eigenvalue weighted by Gasteiger charge is -2.31. The lowest BCUT2D eigenvalue weighted by molar-refractivity contribution is 0.0704. The van der Waals surface area contributed by atoms with Crippen LogP contribution < -0.4 is 0 Å². The molecule has 0 aliphatic carbocycles. The first-order chi connectivity index (χ1) is 12.3. The Hall–Kier alpha value is -2.95. The molecule has 1 amide bonds. The van der Waals surface area contributed by atoms with Crippen molar-refractivity contribution in [3.8, 4) is 11.4 Å². The van der Waals surface area contributed by atoms with E-state index in [1.54, 1.807) is 0 Å². The van der Waals surface area contributed by atoms with Crippen LogP contribution >= 0.6 is 0 Å². The van der Waals surface area contributed by atoms with Crippen LogP contribution in [0.4, 0.5) is 0 Å². The molecule has 1 N–H and O–H groups in total. The van der Waals surface area contributed by atoms with Crippen LogP contribution in [-0.2, 0) is 0 Å². The van der Waals surface area contributed by atoms with Crippen LogP contribution in [0.1, 0.15) is 34.9 Å². The average Bonchev–Trinajstić information content (AvgIpc) is 3.19. The van der Waals surface area contributed by atoms with E-state index in [2.05, 4.69) is 15.2 Å². The van der Waals surface area contributed by atoms with Crippen LogP contribution in [0.2, 0.25) is 0 Å². The molecule has 0 unspecified atom stereocenters. The Morgan fingerprint density at radius 3 is 2.52 bits per heavy atom. The van der Waals surface area contributed by atoms with Crippen molar-refractivity contribution in [1.82, 2.24) is 20.1 Å². The molecule has 0 spiro atoms. The number of amides is 1. The van der Waals surface area contributed by atoms with E-state index in [4.69, 9.17) is 0 Å². The number of rotatable bonds is 3. The first-order valence-electron chi connectivity index (χ1n) is 8.63. The SMILES string of the molecule is O=C(c1ccccc1)N1CCC[C@H](c2nc(-c3ccccc3)n[nH]2)C1. The third-order valence-corrected chi connectivity index (χ3v) is 4.65. The Kier molecular flexibility index (Phi) is 4.29. The second-order valence-corrected chi connectivity index (χ2v) is 6.37. The summed E-state index contributed by atoms with van der Waals surface area (Å²) in [6.45, 7) is 1.47. The van der Waals surface area contributed by atoms with Gasteiger partial charge in [-0.2, -0.15) is 5.10 Å². The predicted octanol–water partition coefficient (Wildman–Crippen LogP) is 3.49. The monoisotopic (exact) mass is 332 g/mol. The van der Waals surface area contributed by atoms with Gasteiger partial charge in [-0.1, -0.05) is 48.5 Å². The largest absolute Gasteiger partial charge is 0.338 e. The number of hydrogen-bond donors (Lipinski definition) is 1. The zero-order valence-corrected chi connectivity index (χ0v) is 13.9. The summed E-state index contributed by atoms with van der Waals surface area (Å²) in [6.07, 6.45) is 1.99. The molecule has 5 nitrogen and oxygen atoms in total. The third kappa shape index (κ3) is 3.31. The number of piperidine rings is 1. The summed E-state index contributed by atoms with van der Waals surface area (Å²) in [6, 6.07) is 19.4. The third-order valence-electron chi connectivity index (χ3n) is 4.65. The maximum absolute atomic E-state index is 12.7. The van der Waals surface area contributed by atoms with E-state index in [0.717, 1.165) is 36.3 Å². The van der Waals surface area contributed by atoms with Gasteiger partial charge in [-0.3, -0.25) is 9.89 Å². The van der Waals surface area contributed by atoms with Gasteiger partial charge in [-0.25, -0.2) is 4.98 Å². The summed E-state index contributed by atoms with van der Waals surface area (Å²) >= 11 is 0. The number of carbonyl (C=O) groups excluding carboxylic acids is 1. The standard InChI is InChI=1S/C20H20N4O/c25-20(16-10-5-2-6-11-16)24-13-7-12-17(14-24)19-21-18(22-23-19)15-8-3-1-4-9-15/h1-6,8-11,17H,7,12-14H2,(H,21,22,23)/t17-/m0/s1. The number of aromatic amines is 1. The molecule has 2 aromatic carbocycles. The minimum Gasteiger partial charge on any atom is -0.338 e. The zero-order chi connectivity index (χ0) is 17.1. The fraction of sp³-hybridized carbons (Fsp3) is 0.250. The molecule has 5 heteroatoms. The van der Waals surface area contributed by atoms with Gasteiger partial charge >= 0.3 is 0 Å². The van der Waals surface area contributed by atoms with Crippen molar-refractivity contribution in [3.63, 3.8) is 0 Å². The molecule has 0 bridgehead atoms. The van der Waals surface area contributed by atoms with Crippen molar-refractivity contribution in [2.75, 3.05) is 13.1 Å². The zero-order valence-electron chi connectivity index (χ0n) is 13.9. The summed E-state index contributed by atoms with van der Waals surface area (Å²) in [5, 5.41) is 7.42. The molecule has 1 fully saturated rings. The van der Waals surface area contributed by atoms with Crippen molar-refractivity contribution >= 4 is 5.91 Å². The van der Waals surface area contributed by atoms with Crippen LogP contribution in [-0.4, -0.2) is 39.1 Å². The van der Waals surface area contributed by atoms with Crippen LogP contribution in [0.5, 0.6) is 0 Å². The highest BCUT2D eigenvalue weighted by molar-refractivity contribution is 5.94. The Balaban J connectivity index is 1.50. The molecular weight excluding hydrogens is 312 g/mol. The molecule has 0 radical (unpaired) electrons. The van der Waals surface area contributed by atoms with Gasteiger partial charge in [0.2, 0.25) is 0 Å². The van der Waals surface area contributed by atoms with E-state index in [9.17, 15) is 4.79 Å². The second-order valence-electron chi connectivity index (χ2n) is 6.37. The number of H-pyrrole nitrogens is 1. The smallest absolute Gasteiger partial charge is 0.253 e. The van der Waals surface area contributed by atoms with Gasteiger partial charge in [-0.15, -0.1) is 0 Å². The molecule has 0 saturated carbocycles. The van der Waals surface area contributed by atoms with Gasteiger partial charge in [0, 0.05) is 30.1 Å². The van der Waals surface area contributed by atoms with Gasteiger partial charge < -0.3 is 4.90 Å².